The maximum Gasteiger partial charge on any atom is 0.326 e. The van der Waals surface area contributed by atoms with E-state index in [2.05, 4.69) is 10.6 Å². The van der Waals surface area contributed by atoms with Crippen molar-refractivity contribution in [2.45, 2.75) is 64.1 Å². The van der Waals surface area contributed by atoms with E-state index in [1.807, 2.05) is 0 Å². The Kier molecular flexibility index (Phi) is 9.53. The quantitative estimate of drug-likeness (QED) is 0.283. The van der Waals surface area contributed by atoms with Crippen molar-refractivity contribution >= 4 is 29.7 Å². The first kappa shape index (κ1) is 24.3. The summed E-state index contributed by atoms with van der Waals surface area (Å²) in [5.41, 5.74) is 5.36. The molecule has 11 nitrogen and oxygen atoms in total. The average Bonchev–Trinajstić information content (AvgIpc) is 3.17. The highest BCUT2D eigenvalue weighted by Gasteiger charge is 2.36. The van der Waals surface area contributed by atoms with Crippen LogP contribution in [0.25, 0.3) is 0 Å². The predicted molar refractivity (Wildman–Crippen MR) is 102 cm³/mol. The van der Waals surface area contributed by atoms with Gasteiger partial charge in [-0.05, 0) is 25.2 Å². The van der Waals surface area contributed by atoms with Gasteiger partial charge in [-0.15, -0.1) is 0 Å². The third-order valence-corrected chi connectivity index (χ3v) is 5.11. The zero-order valence-corrected chi connectivity index (χ0v) is 16.7. The number of nitrogens with one attached hydrogen (secondary N) is 2. The van der Waals surface area contributed by atoms with Gasteiger partial charge >= 0.3 is 11.9 Å². The highest BCUT2D eigenvalue weighted by molar-refractivity contribution is 5.94. The molecular formula is C18H30N4O7. The molecule has 0 spiro atoms. The van der Waals surface area contributed by atoms with Crippen LogP contribution in [0.2, 0.25) is 0 Å². The van der Waals surface area contributed by atoms with Crippen molar-refractivity contribution < 1.29 is 34.2 Å². The largest absolute Gasteiger partial charge is 0.481 e. The summed E-state index contributed by atoms with van der Waals surface area (Å²) in [5, 5.41) is 23.1. The van der Waals surface area contributed by atoms with Crippen molar-refractivity contribution in [1.82, 2.24) is 15.5 Å². The Morgan fingerprint density at radius 2 is 1.83 bits per heavy atom. The first-order chi connectivity index (χ1) is 13.6. The molecule has 1 saturated heterocycles. The summed E-state index contributed by atoms with van der Waals surface area (Å²) in [5.74, 6) is -4.50. The molecule has 0 bridgehead atoms. The van der Waals surface area contributed by atoms with Crippen LogP contribution >= 0.6 is 0 Å². The summed E-state index contributed by atoms with van der Waals surface area (Å²) in [6, 6.07) is -3.20. The van der Waals surface area contributed by atoms with E-state index in [4.69, 9.17) is 10.8 Å². The number of carboxylic acids is 2. The molecule has 0 aliphatic carbocycles. The van der Waals surface area contributed by atoms with Crippen LogP contribution in [0.1, 0.15) is 46.0 Å². The second-order valence-corrected chi connectivity index (χ2v) is 7.15. The number of likely N-dealkylation sites (tertiary alicyclic amines) is 1. The van der Waals surface area contributed by atoms with Gasteiger partial charge in [0.05, 0.1) is 6.54 Å². The lowest BCUT2D eigenvalue weighted by Gasteiger charge is -2.27. The van der Waals surface area contributed by atoms with Crippen molar-refractivity contribution in [2.75, 3.05) is 13.1 Å². The Morgan fingerprint density at radius 3 is 2.34 bits per heavy atom. The van der Waals surface area contributed by atoms with Gasteiger partial charge in [0.1, 0.15) is 18.1 Å². The van der Waals surface area contributed by atoms with Crippen LogP contribution in [0.4, 0.5) is 0 Å². The molecule has 4 atom stereocenters. The number of carbonyl (C=O) groups is 5. The molecule has 0 saturated carbocycles. The molecule has 4 unspecified atom stereocenters. The van der Waals surface area contributed by atoms with E-state index in [1.54, 1.807) is 13.8 Å². The highest BCUT2D eigenvalue weighted by atomic mass is 16.4. The van der Waals surface area contributed by atoms with E-state index >= 15 is 0 Å². The zero-order valence-electron chi connectivity index (χ0n) is 16.7. The summed E-state index contributed by atoms with van der Waals surface area (Å²) >= 11 is 0. The Labute approximate surface area is 169 Å². The van der Waals surface area contributed by atoms with Crippen LogP contribution in [0, 0.1) is 5.92 Å². The maximum atomic E-state index is 12.7. The van der Waals surface area contributed by atoms with Crippen molar-refractivity contribution in [3.8, 4) is 0 Å². The topological polar surface area (TPSA) is 179 Å². The normalized spacial score (nSPS) is 19.1. The number of rotatable bonds is 11. The van der Waals surface area contributed by atoms with Crippen LogP contribution < -0.4 is 16.4 Å². The predicted octanol–water partition coefficient (Wildman–Crippen LogP) is -1.10. The van der Waals surface area contributed by atoms with Crippen molar-refractivity contribution in [1.29, 1.82) is 0 Å². The molecule has 0 aromatic rings. The Balaban J connectivity index is 2.92. The molecule has 11 heteroatoms. The molecule has 1 fully saturated rings. The van der Waals surface area contributed by atoms with Crippen molar-refractivity contribution in [3.05, 3.63) is 0 Å². The zero-order chi connectivity index (χ0) is 22.1. The first-order valence-corrected chi connectivity index (χ1v) is 9.67. The molecule has 29 heavy (non-hydrogen) atoms. The number of carboxylic acid groups (broad SMARTS) is 2. The summed E-state index contributed by atoms with van der Waals surface area (Å²) in [7, 11) is 0. The molecule has 164 valence electrons. The molecule has 1 rings (SSSR count). The molecule has 0 aromatic heterocycles. The first-order valence-electron chi connectivity index (χ1n) is 9.67. The lowest BCUT2D eigenvalue weighted by Crippen LogP contribution is -2.56. The van der Waals surface area contributed by atoms with E-state index in [-0.39, 0.29) is 18.9 Å². The number of hydrogen-bond acceptors (Lipinski definition) is 6. The van der Waals surface area contributed by atoms with Crippen LogP contribution in [0.3, 0.4) is 0 Å². The highest BCUT2D eigenvalue weighted by Crippen LogP contribution is 2.18. The number of nitrogens with two attached hydrogens (primary N) is 1. The minimum absolute atomic E-state index is 0.211. The molecule has 6 N–H and O–H groups in total. The lowest BCUT2D eigenvalue weighted by atomic mass is 9.98. The maximum absolute atomic E-state index is 12.7. The van der Waals surface area contributed by atoms with Crippen LogP contribution in [0.15, 0.2) is 0 Å². The van der Waals surface area contributed by atoms with E-state index in [0.717, 1.165) is 0 Å². The van der Waals surface area contributed by atoms with E-state index in [9.17, 15) is 29.1 Å². The van der Waals surface area contributed by atoms with Gasteiger partial charge in [-0.1, -0.05) is 20.3 Å². The molecule has 1 heterocycles. The smallest absolute Gasteiger partial charge is 0.326 e. The molecule has 3 amide bonds. The Morgan fingerprint density at radius 1 is 1.17 bits per heavy atom. The minimum atomic E-state index is -1.24. The molecule has 0 aromatic carbocycles. The van der Waals surface area contributed by atoms with Crippen LogP contribution in [0.5, 0.6) is 0 Å². The third kappa shape index (κ3) is 7.00. The number of aliphatic carboxylic acids is 2. The number of amides is 3. The number of carbonyl (C=O) groups excluding carboxylic acids is 3. The number of nitrogens with zero attached hydrogens (tertiary/aromatic N) is 1. The second kappa shape index (κ2) is 11.3. The van der Waals surface area contributed by atoms with E-state index < -0.39 is 54.2 Å². The van der Waals surface area contributed by atoms with E-state index in [1.165, 1.54) is 4.90 Å². The monoisotopic (exact) mass is 414 g/mol. The lowest BCUT2D eigenvalue weighted by molar-refractivity contribution is -0.144. The standard InChI is InChI=1S/C18H30N4O7/c1-3-10(2)15(18(28)29)21-16(26)11(6-7-14(24)25)20-17(27)12-5-4-8-22(12)13(23)9-19/h10-12,15H,3-9,19H2,1-2H3,(H,20,27)(H,21,26)(H,24,25)(H,28,29). The molecule has 1 aliphatic rings. The Bertz CT molecular complexity index is 640. The van der Waals surface area contributed by atoms with Gasteiger partial charge in [0.15, 0.2) is 0 Å². The summed E-state index contributed by atoms with van der Waals surface area (Å²) < 4.78 is 0. The van der Waals surface area contributed by atoms with Gasteiger partial charge in [-0.25, -0.2) is 4.79 Å². The Hall–Kier alpha value is -2.69. The van der Waals surface area contributed by atoms with Gasteiger partial charge < -0.3 is 31.5 Å². The fourth-order valence-electron chi connectivity index (χ4n) is 3.20. The van der Waals surface area contributed by atoms with Gasteiger partial charge in [0.2, 0.25) is 17.7 Å². The van der Waals surface area contributed by atoms with Gasteiger partial charge in [0, 0.05) is 13.0 Å². The van der Waals surface area contributed by atoms with Crippen molar-refractivity contribution in [3.63, 3.8) is 0 Å². The summed E-state index contributed by atoms with van der Waals surface area (Å²) in [6.07, 6.45) is 0.898. The number of hydrogen-bond donors (Lipinski definition) is 5. The minimum Gasteiger partial charge on any atom is -0.481 e. The molecule has 1 aliphatic heterocycles. The molecule has 0 radical (unpaired) electrons. The van der Waals surface area contributed by atoms with Gasteiger partial charge in [-0.3, -0.25) is 19.2 Å². The third-order valence-electron chi connectivity index (χ3n) is 5.11. The summed E-state index contributed by atoms with van der Waals surface area (Å²) in [6.45, 7) is 3.56. The summed E-state index contributed by atoms with van der Waals surface area (Å²) in [4.78, 5) is 60.9. The second-order valence-electron chi connectivity index (χ2n) is 7.15. The van der Waals surface area contributed by atoms with Gasteiger partial charge in [0.25, 0.3) is 0 Å². The van der Waals surface area contributed by atoms with Crippen LogP contribution in [-0.4, -0.2) is 76.0 Å². The molecular weight excluding hydrogens is 384 g/mol. The van der Waals surface area contributed by atoms with E-state index in [0.29, 0.717) is 25.8 Å². The average molecular weight is 414 g/mol. The fraction of sp³-hybridized carbons (Fsp3) is 0.722. The van der Waals surface area contributed by atoms with Gasteiger partial charge in [-0.2, -0.15) is 0 Å². The van der Waals surface area contributed by atoms with Crippen LogP contribution in [-0.2, 0) is 24.0 Å². The van der Waals surface area contributed by atoms with Crippen molar-refractivity contribution in [2.24, 2.45) is 11.7 Å². The SMILES string of the molecule is CCC(C)C(NC(=O)C(CCC(=O)O)NC(=O)C1CCCN1C(=O)CN)C(=O)O. The fourth-order valence-corrected chi connectivity index (χ4v) is 3.20.